The lowest BCUT2D eigenvalue weighted by atomic mass is 9.92. The van der Waals surface area contributed by atoms with Crippen molar-refractivity contribution in [2.24, 2.45) is 11.8 Å². The van der Waals surface area contributed by atoms with Crippen LogP contribution in [0.15, 0.2) is 24.3 Å². The summed E-state index contributed by atoms with van der Waals surface area (Å²) in [7, 11) is 0. The Hall–Kier alpha value is -0.860. The van der Waals surface area contributed by atoms with Gasteiger partial charge in [0.2, 0.25) is 0 Å². The first-order chi connectivity index (χ1) is 10.1. The van der Waals surface area contributed by atoms with E-state index in [9.17, 15) is 0 Å². The summed E-state index contributed by atoms with van der Waals surface area (Å²) in [5, 5.41) is 3.64. The van der Waals surface area contributed by atoms with Crippen LogP contribution in [0, 0.1) is 18.8 Å². The summed E-state index contributed by atoms with van der Waals surface area (Å²) < 4.78 is 5.84. The number of aryl methyl sites for hydroxylation is 1. The van der Waals surface area contributed by atoms with Crippen LogP contribution in [0.4, 0.5) is 0 Å². The molecule has 1 aromatic rings. The van der Waals surface area contributed by atoms with Crippen LogP contribution in [0.25, 0.3) is 0 Å². The molecular weight excluding hydrogens is 258 g/mol. The third kappa shape index (κ3) is 6.19. The van der Waals surface area contributed by atoms with Crippen molar-refractivity contribution in [1.82, 2.24) is 5.32 Å². The summed E-state index contributed by atoms with van der Waals surface area (Å²) >= 11 is 0. The molecule has 0 aliphatic carbocycles. The molecule has 2 rings (SSSR count). The summed E-state index contributed by atoms with van der Waals surface area (Å²) in [5.74, 6) is 1.39. The number of nitrogens with one attached hydrogen (secondary N) is 1. The maximum atomic E-state index is 5.84. The quantitative estimate of drug-likeness (QED) is 0.782. The third-order valence-electron chi connectivity index (χ3n) is 4.21. The summed E-state index contributed by atoms with van der Waals surface area (Å²) in [6.07, 6.45) is 5.32. The van der Waals surface area contributed by atoms with Crippen LogP contribution in [-0.2, 0) is 11.2 Å². The van der Waals surface area contributed by atoms with Crippen molar-refractivity contribution in [3.05, 3.63) is 35.4 Å². The van der Waals surface area contributed by atoms with Crippen LogP contribution >= 0.6 is 0 Å². The molecule has 1 saturated heterocycles. The molecule has 2 heteroatoms. The van der Waals surface area contributed by atoms with Gasteiger partial charge in [-0.15, -0.1) is 0 Å². The van der Waals surface area contributed by atoms with Gasteiger partial charge in [-0.3, -0.25) is 0 Å². The van der Waals surface area contributed by atoms with Gasteiger partial charge in [-0.2, -0.15) is 0 Å². The Morgan fingerprint density at radius 2 is 2.14 bits per heavy atom. The van der Waals surface area contributed by atoms with Crippen LogP contribution in [0.3, 0.4) is 0 Å². The molecular formula is C19H31NO. The molecule has 2 atom stereocenters. The zero-order valence-electron chi connectivity index (χ0n) is 13.9. The Kier molecular flexibility index (Phi) is 6.72. The molecule has 0 spiro atoms. The van der Waals surface area contributed by atoms with Gasteiger partial charge in [0, 0.05) is 6.61 Å². The molecule has 1 fully saturated rings. The van der Waals surface area contributed by atoms with Gasteiger partial charge in [0.1, 0.15) is 0 Å². The standard InChI is InChI=1S/C19H31NO/c1-15(2)13-20-14-18(12-19-8-5-9-21-19)11-17-7-4-6-16(3)10-17/h4,6-7,10,15,18-20H,5,8-9,11-14H2,1-3H3. The molecule has 1 aliphatic heterocycles. The normalized spacial score (nSPS) is 20.1. The zero-order chi connectivity index (χ0) is 15.1. The molecule has 21 heavy (non-hydrogen) atoms. The minimum Gasteiger partial charge on any atom is -0.378 e. The number of hydrogen-bond donors (Lipinski definition) is 1. The van der Waals surface area contributed by atoms with Gasteiger partial charge in [0.05, 0.1) is 6.10 Å². The van der Waals surface area contributed by atoms with E-state index in [0.717, 1.165) is 26.1 Å². The van der Waals surface area contributed by atoms with Crippen LogP contribution < -0.4 is 5.32 Å². The van der Waals surface area contributed by atoms with E-state index in [1.54, 1.807) is 0 Å². The van der Waals surface area contributed by atoms with Crippen LogP contribution in [0.1, 0.15) is 44.2 Å². The molecule has 0 bridgehead atoms. The summed E-state index contributed by atoms with van der Waals surface area (Å²) in [6, 6.07) is 8.94. The summed E-state index contributed by atoms with van der Waals surface area (Å²) in [5.41, 5.74) is 2.82. The molecule has 0 amide bonds. The lowest BCUT2D eigenvalue weighted by Crippen LogP contribution is -2.29. The van der Waals surface area contributed by atoms with Crippen molar-refractivity contribution in [3.8, 4) is 0 Å². The van der Waals surface area contributed by atoms with Crippen molar-refractivity contribution in [2.45, 2.75) is 52.6 Å². The minimum atomic E-state index is 0.487. The summed E-state index contributed by atoms with van der Waals surface area (Å²) in [4.78, 5) is 0. The molecule has 118 valence electrons. The second-order valence-corrected chi connectivity index (χ2v) is 6.98. The predicted molar refractivity (Wildman–Crippen MR) is 89.7 cm³/mol. The van der Waals surface area contributed by atoms with E-state index in [2.05, 4.69) is 50.4 Å². The first-order valence-electron chi connectivity index (χ1n) is 8.51. The molecule has 1 N–H and O–H groups in total. The maximum absolute atomic E-state index is 5.84. The van der Waals surface area contributed by atoms with Crippen LogP contribution in [0.2, 0.25) is 0 Å². The highest BCUT2D eigenvalue weighted by molar-refractivity contribution is 5.22. The van der Waals surface area contributed by atoms with Crippen LogP contribution in [-0.4, -0.2) is 25.8 Å². The van der Waals surface area contributed by atoms with E-state index in [0.29, 0.717) is 17.9 Å². The Labute approximate surface area is 130 Å². The van der Waals surface area contributed by atoms with E-state index >= 15 is 0 Å². The highest BCUT2D eigenvalue weighted by atomic mass is 16.5. The van der Waals surface area contributed by atoms with Gasteiger partial charge >= 0.3 is 0 Å². The van der Waals surface area contributed by atoms with Gasteiger partial charge in [0.25, 0.3) is 0 Å². The van der Waals surface area contributed by atoms with E-state index < -0.39 is 0 Å². The molecule has 0 saturated carbocycles. The van der Waals surface area contributed by atoms with Gasteiger partial charge in [-0.1, -0.05) is 43.7 Å². The van der Waals surface area contributed by atoms with E-state index in [4.69, 9.17) is 4.74 Å². The minimum absolute atomic E-state index is 0.487. The van der Waals surface area contributed by atoms with Gasteiger partial charge in [0.15, 0.2) is 0 Å². The monoisotopic (exact) mass is 289 g/mol. The van der Waals surface area contributed by atoms with Crippen molar-refractivity contribution >= 4 is 0 Å². The van der Waals surface area contributed by atoms with E-state index in [1.807, 2.05) is 0 Å². The fraction of sp³-hybridized carbons (Fsp3) is 0.684. The third-order valence-corrected chi connectivity index (χ3v) is 4.21. The fourth-order valence-corrected chi connectivity index (χ4v) is 3.19. The number of benzene rings is 1. The van der Waals surface area contributed by atoms with Crippen molar-refractivity contribution < 1.29 is 4.74 Å². The average molecular weight is 289 g/mol. The lowest BCUT2D eigenvalue weighted by Gasteiger charge is -2.22. The average Bonchev–Trinajstić information content (AvgIpc) is 2.91. The molecule has 2 nitrogen and oxygen atoms in total. The lowest BCUT2D eigenvalue weighted by molar-refractivity contribution is 0.0891. The Bertz CT molecular complexity index is 410. The van der Waals surface area contributed by atoms with E-state index in [1.165, 1.54) is 30.4 Å². The van der Waals surface area contributed by atoms with Gasteiger partial charge in [-0.05, 0) is 63.1 Å². The number of hydrogen-bond acceptors (Lipinski definition) is 2. The van der Waals surface area contributed by atoms with Crippen molar-refractivity contribution in [3.63, 3.8) is 0 Å². The molecule has 0 radical (unpaired) electrons. The van der Waals surface area contributed by atoms with Crippen molar-refractivity contribution in [2.75, 3.05) is 19.7 Å². The van der Waals surface area contributed by atoms with E-state index in [-0.39, 0.29) is 0 Å². The number of ether oxygens (including phenoxy) is 1. The maximum Gasteiger partial charge on any atom is 0.0579 e. The topological polar surface area (TPSA) is 21.3 Å². The highest BCUT2D eigenvalue weighted by Crippen LogP contribution is 2.22. The smallest absolute Gasteiger partial charge is 0.0579 e. The molecule has 0 aromatic heterocycles. The first kappa shape index (κ1) is 16.5. The van der Waals surface area contributed by atoms with Gasteiger partial charge in [-0.25, -0.2) is 0 Å². The predicted octanol–water partition coefficient (Wildman–Crippen LogP) is 3.97. The Morgan fingerprint density at radius 3 is 2.81 bits per heavy atom. The zero-order valence-corrected chi connectivity index (χ0v) is 13.9. The fourth-order valence-electron chi connectivity index (χ4n) is 3.19. The second kappa shape index (κ2) is 8.55. The molecule has 2 unspecified atom stereocenters. The summed E-state index contributed by atoms with van der Waals surface area (Å²) in [6.45, 7) is 9.88. The van der Waals surface area contributed by atoms with Crippen molar-refractivity contribution in [1.29, 1.82) is 0 Å². The first-order valence-corrected chi connectivity index (χ1v) is 8.51. The van der Waals surface area contributed by atoms with Crippen LogP contribution in [0.5, 0.6) is 0 Å². The SMILES string of the molecule is Cc1cccc(CC(CNCC(C)C)CC2CCCO2)c1. The molecule has 1 aromatic carbocycles. The number of rotatable bonds is 8. The molecule has 1 aliphatic rings. The Balaban J connectivity index is 1.89. The largest absolute Gasteiger partial charge is 0.378 e. The van der Waals surface area contributed by atoms with Gasteiger partial charge < -0.3 is 10.1 Å². The highest BCUT2D eigenvalue weighted by Gasteiger charge is 2.21. The molecule has 1 heterocycles. The Morgan fingerprint density at radius 1 is 1.29 bits per heavy atom. The second-order valence-electron chi connectivity index (χ2n) is 6.98.